The molecule has 0 aromatic rings. The molecule has 33 heavy (non-hydrogen) atoms. The molecule has 0 saturated carbocycles. The average molecular weight is 489 g/mol. The third kappa shape index (κ3) is 7.98. The second-order valence-corrected chi connectivity index (χ2v) is 13.3. The Bertz CT molecular complexity index is 658. The van der Waals surface area contributed by atoms with Crippen LogP contribution in [0.1, 0.15) is 68.2 Å². The van der Waals surface area contributed by atoms with E-state index < -0.39 is 28.8 Å². The fourth-order valence-corrected chi connectivity index (χ4v) is 5.42. The van der Waals surface area contributed by atoms with E-state index in [0.29, 0.717) is 26.2 Å². The van der Waals surface area contributed by atoms with Crippen LogP contribution in [0.5, 0.6) is 0 Å². The molecule has 0 aromatic carbocycles. The molecule has 0 aliphatic carbocycles. The van der Waals surface area contributed by atoms with Gasteiger partial charge < -0.3 is 29.6 Å². The molecule has 2 heterocycles. The maximum Gasteiger partial charge on any atom is 0.457 e. The number of hydrogen-bond acceptors (Lipinski definition) is 8. The van der Waals surface area contributed by atoms with Crippen LogP contribution in [0.3, 0.4) is 0 Å². The van der Waals surface area contributed by atoms with Crippen molar-refractivity contribution >= 4 is 24.8 Å². The predicted octanol–water partition coefficient (Wildman–Crippen LogP) is 2.54. The Balaban J connectivity index is 1.76. The first-order valence-electron chi connectivity index (χ1n) is 11.9. The molecular formula is C22H45BN4O5S. The number of likely N-dealkylation sites (N-methyl/N-ethyl adjacent to an activating group) is 1. The first-order valence-corrected chi connectivity index (χ1v) is 13.0. The lowest BCUT2D eigenvalue weighted by atomic mass is 9.78. The van der Waals surface area contributed by atoms with E-state index in [9.17, 15) is 9.35 Å². The highest BCUT2D eigenvalue weighted by atomic mass is 32.2. The van der Waals surface area contributed by atoms with Crippen LogP contribution >= 0.6 is 0 Å². The van der Waals surface area contributed by atoms with Crippen LogP contribution in [0.2, 0.25) is 6.32 Å². The SMILES string of the molecule is CN(CCNC(=O)OC(C)(C)C)[S+]([O-])N1C[C@H](CCCB2OC(C)(C)C(C)(C)O2)[C@@](C)(N)C1. The highest BCUT2D eigenvalue weighted by Gasteiger charge is 2.51. The Morgan fingerprint density at radius 2 is 1.85 bits per heavy atom. The average Bonchev–Trinajstić information content (AvgIpc) is 3.03. The monoisotopic (exact) mass is 488 g/mol. The highest BCUT2D eigenvalue weighted by Crippen LogP contribution is 2.39. The summed E-state index contributed by atoms with van der Waals surface area (Å²) in [5.74, 6) is 0.233. The van der Waals surface area contributed by atoms with Crippen LogP contribution in [0.15, 0.2) is 0 Å². The second-order valence-electron chi connectivity index (χ2n) is 11.7. The molecule has 11 heteroatoms. The van der Waals surface area contributed by atoms with Gasteiger partial charge in [-0.1, -0.05) is 6.42 Å². The summed E-state index contributed by atoms with van der Waals surface area (Å²) in [6, 6.07) is 0. The van der Waals surface area contributed by atoms with Crippen molar-refractivity contribution < 1.29 is 23.4 Å². The summed E-state index contributed by atoms with van der Waals surface area (Å²) >= 11 is -1.32. The maximum absolute atomic E-state index is 13.0. The van der Waals surface area contributed by atoms with Gasteiger partial charge in [-0.05, 0) is 74.0 Å². The third-order valence-corrected chi connectivity index (χ3v) is 8.19. The first-order chi connectivity index (χ1) is 14.9. The summed E-state index contributed by atoms with van der Waals surface area (Å²) in [6.07, 6.45) is 2.21. The van der Waals surface area contributed by atoms with Gasteiger partial charge >= 0.3 is 13.2 Å². The standard InChI is InChI=1S/C22H45BN4O5S/c1-19(2,3)30-18(28)25-13-14-26(9)33(29)27-15-17(22(8,24)16-27)11-10-12-23-31-20(4,5)21(6,7)32-23/h17H,10-16,24H2,1-9H3,(H,25,28)/t17-,22-,33?/m0/s1. The number of carbonyl (C=O) groups excluding carboxylic acids is 1. The van der Waals surface area contributed by atoms with Gasteiger partial charge in [0.2, 0.25) is 0 Å². The zero-order valence-electron chi connectivity index (χ0n) is 22.0. The quantitative estimate of drug-likeness (QED) is 0.376. The van der Waals surface area contributed by atoms with Gasteiger partial charge in [-0.3, -0.25) is 0 Å². The molecule has 0 radical (unpaired) electrons. The van der Waals surface area contributed by atoms with Crippen molar-refractivity contribution in [1.82, 2.24) is 13.9 Å². The van der Waals surface area contributed by atoms with Crippen LogP contribution in [0, 0.1) is 5.92 Å². The number of nitrogens with two attached hydrogens (primary N) is 1. The summed E-state index contributed by atoms with van der Waals surface area (Å²) in [7, 11) is 1.58. The maximum atomic E-state index is 13.0. The molecule has 1 unspecified atom stereocenters. The highest BCUT2D eigenvalue weighted by molar-refractivity contribution is 7.86. The number of amides is 1. The minimum absolute atomic E-state index is 0.200. The first kappa shape index (κ1) is 28.7. The van der Waals surface area contributed by atoms with Crippen molar-refractivity contribution in [3.05, 3.63) is 0 Å². The van der Waals surface area contributed by atoms with Gasteiger partial charge in [0.1, 0.15) is 17.1 Å². The van der Waals surface area contributed by atoms with Gasteiger partial charge in [0.25, 0.3) is 0 Å². The number of nitrogens with zero attached hydrogens (tertiary/aromatic N) is 2. The molecule has 0 aromatic heterocycles. The zero-order valence-corrected chi connectivity index (χ0v) is 22.8. The van der Waals surface area contributed by atoms with Gasteiger partial charge in [-0.25, -0.2) is 4.79 Å². The van der Waals surface area contributed by atoms with Gasteiger partial charge in [-0.15, -0.1) is 8.61 Å². The van der Waals surface area contributed by atoms with Crippen LogP contribution in [-0.4, -0.2) is 81.9 Å². The predicted molar refractivity (Wildman–Crippen MR) is 133 cm³/mol. The Hall–Kier alpha value is -0.555. The molecule has 192 valence electrons. The zero-order chi connectivity index (χ0) is 25.2. The lowest BCUT2D eigenvalue weighted by Gasteiger charge is -2.32. The number of rotatable bonds is 9. The Morgan fingerprint density at radius 1 is 1.27 bits per heavy atom. The van der Waals surface area contributed by atoms with Crippen molar-refractivity contribution in [3.8, 4) is 0 Å². The van der Waals surface area contributed by atoms with Crippen molar-refractivity contribution in [3.63, 3.8) is 0 Å². The lowest BCUT2D eigenvalue weighted by Crippen LogP contribution is -2.47. The van der Waals surface area contributed by atoms with Crippen molar-refractivity contribution in [2.75, 3.05) is 33.2 Å². The number of ether oxygens (including phenoxy) is 1. The fraction of sp³-hybridized carbons (Fsp3) is 0.955. The number of hydrogen-bond donors (Lipinski definition) is 2. The molecule has 2 aliphatic rings. The summed E-state index contributed by atoms with van der Waals surface area (Å²) in [4.78, 5) is 11.8. The van der Waals surface area contributed by atoms with E-state index in [1.807, 2.05) is 32.0 Å². The second kappa shape index (κ2) is 10.6. The third-order valence-electron chi connectivity index (χ3n) is 6.75. The molecule has 3 N–H and O–H groups in total. The van der Waals surface area contributed by atoms with Crippen molar-refractivity contribution in [1.29, 1.82) is 0 Å². The van der Waals surface area contributed by atoms with Gasteiger partial charge in [0, 0.05) is 19.1 Å². The summed E-state index contributed by atoms with van der Waals surface area (Å²) in [6.45, 7) is 17.8. The van der Waals surface area contributed by atoms with E-state index in [4.69, 9.17) is 19.8 Å². The van der Waals surface area contributed by atoms with Gasteiger partial charge in [-0.2, -0.15) is 0 Å². The molecule has 2 rings (SSSR count). The van der Waals surface area contributed by atoms with E-state index >= 15 is 0 Å². The lowest BCUT2D eigenvalue weighted by molar-refractivity contribution is 0.00578. The van der Waals surface area contributed by atoms with E-state index in [0.717, 1.165) is 19.2 Å². The van der Waals surface area contributed by atoms with Crippen LogP contribution in [0.25, 0.3) is 0 Å². The Labute approximate surface area is 204 Å². The Morgan fingerprint density at radius 3 is 2.39 bits per heavy atom. The molecule has 0 spiro atoms. The topological polar surface area (TPSA) is 112 Å². The van der Waals surface area contributed by atoms with E-state index in [-0.39, 0.29) is 24.2 Å². The molecule has 2 aliphatic heterocycles. The minimum atomic E-state index is -1.32. The normalized spacial score (nSPS) is 28.4. The molecular weight excluding hydrogens is 443 g/mol. The van der Waals surface area contributed by atoms with Crippen LogP contribution < -0.4 is 11.1 Å². The van der Waals surface area contributed by atoms with Crippen molar-refractivity contribution in [2.45, 2.75) is 96.9 Å². The van der Waals surface area contributed by atoms with Gasteiger partial charge in [0.15, 0.2) is 0 Å². The number of nitrogens with one attached hydrogen (secondary N) is 1. The summed E-state index contributed by atoms with van der Waals surface area (Å²) in [5.41, 5.74) is 5.01. The van der Waals surface area contributed by atoms with Crippen LogP contribution in [-0.2, 0) is 25.6 Å². The molecule has 0 bridgehead atoms. The minimum Gasteiger partial charge on any atom is -0.578 e. The number of carbonyl (C=O) groups is 1. The van der Waals surface area contributed by atoms with E-state index in [1.54, 1.807) is 11.4 Å². The summed E-state index contributed by atoms with van der Waals surface area (Å²) in [5, 5.41) is 2.70. The molecule has 1 amide bonds. The molecule has 2 saturated heterocycles. The Kier molecular flexibility index (Phi) is 9.21. The number of alkyl carbamates (subject to hydrolysis) is 1. The van der Waals surface area contributed by atoms with E-state index in [2.05, 4.69) is 33.0 Å². The van der Waals surface area contributed by atoms with E-state index in [1.165, 1.54) is 0 Å². The molecule has 9 nitrogen and oxygen atoms in total. The largest absolute Gasteiger partial charge is 0.578 e. The van der Waals surface area contributed by atoms with Crippen molar-refractivity contribution in [2.24, 2.45) is 11.7 Å². The summed E-state index contributed by atoms with van der Waals surface area (Å²) < 4.78 is 34.1. The van der Waals surface area contributed by atoms with Gasteiger partial charge in [0.05, 0.1) is 30.8 Å². The smallest absolute Gasteiger partial charge is 0.457 e. The van der Waals surface area contributed by atoms with Crippen LogP contribution in [0.4, 0.5) is 4.79 Å². The fourth-order valence-electron chi connectivity index (χ4n) is 4.09. The molecule has 3 atom stereocenters. The molecule has 2 fully saturated rings.